The molecule has 0 bridgehead atoms. The third-order valence-electron chi connectivity index (χ3n) is 4.01. The first kappa shape index (κ1) is 17.4. The first-order chi connectivity index (χ1) is 9.58. The molecule has 118 valence electrons. The van der Waals surface area contributed by atoms with Crippen LogP contribution in [0.3, 0.4) is 0 Å². The summed E-state index contributed by atoms with van der Waals surface area (Å²) in [4.78, 5) is 11.3. The molecule has 0 spiro atoms. The van der Waals surface area contributed by atoms with E-state index in [1.165, 1.54) is 6.07 Å². The summed E-state index contributed by atoms with van der Waals surface area (Å²) in [6.07, 6.45) is 0. The van der Waals surface area contributed by atoms with Gasteiger partial charge in [0.25, 0.3) is 0 Å². The normalized spacial score (nSPS) is 12.5. The summed E-state index contributed by atoms with van der Waals surface area (Å²) in [7, 11) is 0. The Morgan fingerprint density at radius 1 is 1.29 bits per heavy atom. The summed E-state index contributed by atoms with van der Waals surface area (Å²) >= 11 is 0. The van der Waals surface area contributed by atoms with Crippen LogP contribution >= 0.6 is 0 Å². The molecule has 0 saturated heterocycles. The van der Waals surface area contributed by atoms with E-state index in [1.54, 1.807) is 45.9 Å². The topological polar surface area (TPSA) is 58.6 Å². The van der Waals surface area contributed by atoms with Crippen LogP contribution < -0.4 is 10.1 Å². The molecule has 0 saturated carbocycles. The molecule has 2 N–H and O–H groups in total. The number of rotatable bonds is 7. The summed E-state index contributed by atoms with van der Waals surface area (Å²) in [6, 6.07) is 6.44. The first-order valence-electron chi connectivity index (χ1n) is 6.59. The molecule has 1 aromatic carbocycles. The standard InChI is InChI=1S/C15H21F2NO3/c1-14(2,12(19)20)15(3,4)18-9-10-7-5-6-8-11(10)21-13(16)17/h5-8,13,18H,9H2,1-4H3,(H,19,20). The first-order valence-corrected chi connectivity index (χ1v) is 6.59. The fourth-order valence-electron chi connectivity index (χ4n) is 1.67. The molecule has 21 heavy (non-hydrogen) atoms. The van der Waals surface area contributed by atoms with Gasteiger partial charge in [0, 0.05) is 17.6 Å². The SMILES string of the molecule is CC(C)(NCc1ccccc1OC(F)F)C(C)(C)C(=O)O. The fourth-order valence-corrected chi connectivity index (χ4v) is 1.67. The predicted molar refractivity (Wildman–Crippen MR) is 75.4 cm³/mol. The Kier molecular flexibility index (Phi) is 5.28. The zero-order valence-corrected chi connectivity index (χ0v) is 12.6. The molecule has 0 fully saturated rings. The van der Waals surface area contributed by atoms with Crippen LogP contribution in [0.2, 0.25) is 0 Å². The van der Waals surface area contributed by atoms with Crippen LogP contribution in [0.4, 0.5) is 8.78 Å². The van der Waals surface area contributed by atoms with Crippen molar-refractivity contribution >= 4 is 5.97 Å². The van der Waals surface area contributed by atoms with Gasteiger partial charge in [-0.15, -0.1) is 0 Å². The highest BCUT2D eigenvalue weighted by molar-refractivity contribution is 5.75. The van der Waals surface area contributed by atoms with E-state index in [1.807, 2.05) is 0 Å². The Hall–Kier alpha value is -1.69. The lowest BCUT2D eigenvalue weighted by atomic mass is 9.74. The number of nitrogens with one attached hydrogen (secondary N) is 1. The van der Waals surface area contributed by atoms with Gasteiger partial charge >= 0.3 is 12.6 Å². The fraction of sp³-hybridized carbons (Fsp3) is 0.533. The number of hydrogen-bond acceptors (Lipinski definition) is 3. The molecule has 1 rings (SSSR count). The molecule has 0 aliphatic carbocycles. The van der Waals surface area contributed by atoms with Crippen LogP contribution in [-0.2, 0) is 11.3 Å². The lowest BCUT2D eigenvalue weighted by molar-refractivity contribution is -0.151. The maximum atomic E-state index is 12.3. The number of hydrogen-bond donors (Lipinski definition) is 2. The van der Waals surface area contributed by atoms with Crippen LogP contribution in [0.15, 0.2) is 24.3 Å². The van der Waals surface area contributed by atoms with E-state index < -0.39 is 23.5 Å². The van der Waals surface area contributed by atoms with Crippen molar-refractivity contribution in [1.82, 2.24) is 5.32 Å². The van der Waals surface area contributed by atoms with Crippen molar-refractivity contribution < 1.29 is 23.4 Å². The zero-order valence-electron chi connectivity index (χ0n) is 12.6. The highest BCUT2D eigenvalue weighted by Crippen LogP contribution is 2.31. The van der Waals surface area contributed by atoms with Crippen LogP contribution in [0.5, 0.6) is 5.75 Å². The quantitative estimate of drug-likeness (QED) is 0.811. The van der Waals surface area contributed by atoms with Gasteiger partial charge in [-0.3, -0.25) is 4.79 Å². The molecule has 0 amide bonds. The number of ether oxygens (including phenoxy) is 1. The van der Waals surface area contributed by atoms with Crippen molar-refractivity contribution in [2.75, 3.05) is 0 Å². The van der Waals surface area contributed by atoms with Gasteiger partial charge in [-0.2, -0.15) is 8.78 Å². The molecule has 6 heteroatoms. The van der Waals surface area contributed by atoms with E-state index in [0.717, 1.165) is 0 Å². The molecule has 1 aromatic rings. The van der Waals surface area contributed by atoms with Crippen LogP contribution in [0.25, 0.3) is 0 Å². The summed E-state index contributed by atoms with van der Waals surface area (Å²) in [5.74, 6) is -0.846. The number of carbonyl (C=O) groups is 1. The second-order valence-corrected chi connectivity index (χ2v) is 5.89. The van der Waals surface area contributed by atoms with Crippen LogP contribution in [0.1, 0.15) is 33.3 Å². The number of aliphatic carboxylic acids is 1. The second kappa shape index (κ2) is 6.39. The molecule has 0 aliphatic rings. The van der Waals surface area contributed by atoms with Crippen molar-refractivity contribution in [3.63, 3.8) is 0 Å². The number of benzene rings is 1. The Morgan fingerprint density at radius 2 is 1.86 bits per heavy atom. The molecule has 0 heterocycles. The molecular formula is C15H21F2NO3. The maximum Gasteiger partial charge on any atom is 0.387 e. The number of carboxylic acids is 1. The van der Waals surface area contributed by atoms with Gasteiger partial charge in [0.05, 0.1) is 5.41 Å². The number of alkyl halides is 2. The third kappa shape index (κ3) is 4.14. The molecule has 0 atom stereocenters. The average molecular weight is 301 g/mol. The highest BCUT2D eigenvalue weighted by Gasteiger charge is 2.43. The van der Waals surface area contributed by atoms with Crippen LogP contribution in [-0.4, -0.2) is 23.2 Å². The molecular weight excluding hydrogens is 280 g/mol. The van der Waals surface area contributed by atoms with Crippen molar-refractivity contribution in [1.29, 1.82) is 0 Å². The molecule has 4 nitrogen and oxygen atoms in total. The highest BCUT2D eigenvalue weighted by atomic mass is 19.3. The molecule has 0 aliphatic heterocycles. The number of halogens is 2. The largest absolute Gasteiger partial charge is 0.481 e. The Labute approximate surface area is 123 Å². The van der Waals surface area contributed by atoms with E-state index >= 15 is 0 Å². The smallest absolute Gasteiger partial charge is 0.387 e. The Bertz CT molecular complexity index is 501. The average Bonchev–Trinajstić information content (AvgIpc) is 2.36. The minimum atomic E-state index is -2.89. The van der Waals surface area contributed by atoms with Gasteiger partial charge in [0.1, 0.15) is 5.75 Å². The van der Waals surface area contributed by atoms with Gasteiger partial charge in [0.15, 0.2) is 0 Å². The van der Waals surface area contributed by atoms with Gasteiger partial charge in [-0.1, -0.05) is 18.2 Å². The van der Waals surface area contributed by atoms with Gasteiger partial charge < -0.3 is 15.2 Å². The van der Waals surface area contributed by atoms with Crippen LogP contribution in [0, 0.1) is 5.41 Å². The second-order valence-electron chi connectivity index (χ2n) is 5.89. The number of para-hydroxylation sites is 1. The van der Waals surface area contributed by atoms with Crippen molar-refractivity contribution in [3.8, 4) is 5.75 Å². The lowest BCUT2D eigenvalue weighted by Gasteiger charge is -2.39. The van der Waals surface area contributed by atoms with E-state index in [9.17, 15) is 18.7 Å². The Morgan fingerprint density at radius 3 is 2.38 bits per heavy atom. The summed E-state index contributed by atoms with van der Waals surface area (Å²) in [6.45, 7) is 4.09. The zero-order chi connectivity index (χ0) is 16.3. The summed E-state index contributed by atoms with van der Waals surface area (Å²) in [5.41, 5.74) is -1.21. The molecule has 0 unspecified atom stereocenters. The minimum absolute atomic E-state index is 0.0870. The van der Waals surface area contributed by atoms with Crippen molar-refractivity contribution in [3.05, 3.63) is 29.8 Å². The van der Waals surface area contributed by atoms with Gasteiger partial charge in [-0.05, 0) is 33.8 Å². The maximum absolute atomic E-state index is 12.3. The number of carboxylic acid groups (broad SMARTS) is 1. The minimum Gasteiger partial charge on any atom is -0.481 e. The Balaban J connectivity index is 2.86. The summed E-state index contributed by atoms with van der Waals surface area (Å²) < 4.78 is 29.2. The summed E-state index contributed by atoms with van der Waals surface area (Å²) in [5, 5.41) is 12.4. The van der Waals surface area contributed by atoms with Crippen molar-refractivity contribution in [2.24, 2.45) is 5.41 Å². The van der Waals surface area contributed by atoms with E-state index in [0.29, 0.717) is 5.56 Å². The molecule has 0 aromatic heterocycles. The van der Waals surface area contributed by atoms with Gasteiger partial charge in [-0.25, -0.2) is 0 Å². The third-order valence-corrected chi connectivity index (χ3v) is 4.01. The monoisotopic (exact) mass is 301 g/mol. The van der Waals surface area contributed by atoms with Gasteiger partial charge in [0.2, 0.25) is 0 Å². The van der Waals surface area contributed by atoms with Crippen molar-refractivity contribution in [2.45, 2.75) is 46.4 Å². The molecule has 0 radical (unpaired) electrons. The van der Waals surface area contributed by atoms with E-state index in [2.05, 4.69) is 10.1 Å². The van der Waals surface area contributed by atoms with E-state index in [-0.39, 0.29) is 12.3 Å². The lowest BCUT2D eigenvalue weighted by Crippen LogP contribution is -2.54. The van der Waals surface area contributed by atoms with E-state index in [4.69, 9.17) is 0 Å². The predicted octanol–water partition coefficient (Wildman–Crippen LogP) is 3.27.